The average Bonchev–Trinajstić information content (AvgIpc) is 3.04. The van der Waals surface area contributed by atoms with Crippen molar-refractivity contribution in [3.8, 4) is 16.9 Å². The van der Waals surface area contributed by atoms with Crippen LogP contribution in [0.4, 0.5) is 0 Å². The number of carbonyl (C=O) groups excluding carboxylic acids is 2. The van der Waals surface area contributed by atoms with E-state index in [2.05, 4.69) is 0 Å². The number of amides is 1. The molecule has 0 aliphatic heterocycles. The van der Waals surface area contributed by atoms with E-state index in [1.54, 1.807) is 24.3 Å². The van der Waals surface area contributed by atoms with Crippen LogP contribution in [0.2, 0.25) is 0 Å². The molecule has 0 bridgehead atoms. The van der Waals surface area contributed by atoms with Crippen LogP contribution in [-0.2, 0) is 11.2 Å². The van der Waals surface area contributed by atoms with Crippen LogP contribution >= 0.6 is 0 Å². The number of nitrogens with two attached hydrogens (primary N) is 1. The highest BCUT2D eigenvalue weighted by Gasteiger charge is 2.12. The zero-order valence-electron chi connectivity index (χ0n) is 13.5. The average molecular weight is 333 g/mol. The Balaban J connectivity index is 2.08. The van der Waals surface area contributed by atoms with Crippen LogP contribution in [0.3, 0.4) is 0 Å². The van der Waals surface area contributed by atoms with Crippen molar-refractivity contribution in [1.82, 2.24) is 4.57 Å². The smallest absolute Gasteiger partial charge is 0.248 e. The second-order valence-electron chi connectivity index (χ2n) is 5.69. The first-order valence-corrected chi connectivity index (χ1v) is 7.92. The summed E-state index contributed by atoms with van der Waals surface area (Å²) in [5.41, 5.74) is 9.37. The number of hydrogen-bond donors (Lipinski definition) is 1. The van der Waals surface area contributed by atoms with Crippen molar-refractivity contribution in [2.24, 2.45) is 5.73 Å². The van der Waals surface area contributed by atoms with Gasteiger partial charge in [0.15, 0.2) is 0 Å². The second-order valence-corrected chi connectivity index (χ2v) is 5.69. The van der Waals surface area contributed by atoms with Crippen molar-refractivity contribution in [2.45, 2.75) is 12.8 Å². The number of aliphatic carboxylic acids is 1. The maximum atomic E-state index is 11.3. The van der Waals surface area contributed by atoms with Crippen molar-refractivity contribution in [2.75, 3.05) is 0 Å². The van der Waals surface area contributed by atoms with Gasteiger partial charge in [-0.2, -0.15) is 0 Å². The van der Waals surface area contributed by atoms with E-state index in [1.165, 1.54) is 0 Å². The summed E-state index contributed by atoms with van der Waals surface area (Å²) in [5.74, 6) is -1.57. The first-order chi connectivity index (χ1) is 12.1. The second kappa shape index (κ2) is 7.05. The highest BCUT2D eigenvalue weighted by molar-refractivity contribution is 5.92. The minimum Gasteiger partial charge on any atom is -0.550 e. The molecule has 1 amide bonds. The maximum Gasteiger partial charge on any atom is 0.248 e. The SMILES string of the molecule is NC(=O)c1ccc(-n2c(CCC(=O)[O-])ccc2-c2ccccc2)cc1. The Hall–Kier alpha value is -3.34. The molecule has 2 N–H and O–H groups in total. The van der Waals surface area contributed by atoms with E-state index in [1.807, 2.05) is 47.0 Å². The van der Waals surface area contributed by atoms with E-state index in [0.717, 1.165) is 22.6 Å². The van der Waals surface area contributed by atoms with E-state index in [4.69, 9.17) is 5.73 Å². The molecular weight excluding hydrogens is 316 g/mol. The number of aryl methyl sites for hydroxylation is 1. The van der Waals surface area contributed by atoms with Crippen LogP contribution in [0.25, 0.3) is 16.9 Å². The number of benzene rings is 2. The van der Waals surface area contributed by atoms with E-state index < -0.39 is 11.9 Å². The molecular formula is C20H17N2O3-. The van der Waals surface area contributed by atoms with Gasteiger partial charge in [-0.25, -0.2) is 0 Å². The van der Waals surface area contributed by atoms with Gasteiger partial charge in [0.25, 0.3) is 0 Å². The lowest BCUT2D eigenvalue weighted by Crippen LogP contribution is -2.22. The van der Waals surface area contributed by atoms with E-state index in [9.17, 15) is 14.7 Å². The number of rotatable bonds is 6. The number of carbonyl (C=O) groups is 2. The summed E-state index contributed by atoms with van der Waals surface area (Å²) in [6.45, 7) is 0. The third kappa shape index (κ3) is 3.61. The lowest BCUT2D eigenvalue weighted by molar-refractivity contribution is -0.305. The standard InChI is InChI=1S/C20H18N2O3/c21-20(25)15-6-8-16(9-7-15)22-17(11-13-19(23)24)10-12-18(22)14-4-2-1-3-5-14/h1-10,12H,11,13H2,(H2,21,25)(H,23,24)/p-1. The first-order valence-electron chi connectivity index (χ1n) is 7.92. The largest absolute Gasteiger partial charge is 0.550 e. The van der Waals surface area contributed by atoms with E-state index in [-0.39, 0.29) is 6.42 Å². The molecule has 5 heteroatoms. The molecule has 3 aromatic rings. The Bertz CT molecular complexity index is 896. The fourth-order valence-corrected chi connectivity index (χ4v) is 2.82. The van der Waals surface area contributed by atoms with Crippen LogP contribution < -0.4 is 10.8 Å². The monoisotopic (exact) mass is 333 g/mol. The molecule has 0 atom stereocenters. The van der Waals surface area contributed by atoms with Gasteiger partial charge in [0.05, 0.1) is 5.69 Å². The van der Waals surface area contributed by atoms with Crippen LogP contribution in [0.15, 0.2) is 66.7 Å². The molecule has 0 aliphatic rings. The van der Waals surface area contributed by atoms with Crippen molar-refractivity contribution in [1.29, 1.82) is 0 Å². The topological polar surface area (TPSA) is 88.2 Å². The van der Waals surface area contributed by atoms with E-state index >= 15 is 0 Å². The first kappa shape index (κ1) is 16.5. The molecule has 3 rings (SSSR count). The molecule has 0 radical (unpaired) electrons. The summed E-state index contributed by atoms with van der Waals surface area (Å²) < 4.78 is 1.99. The molecule has 5 nitrogen and oxygen atoms in total. The minimum absolute atomic E-state index is 0.0579. The number of carboxylic acid groups (broad SMARTS) is 1. The third-order valence-corrected chi connectivity index (χ3v) is 4.03. The Morgan fingerprint density at radius 3 is 2.20 bits per heavy atom. The van der Waals surface area contributed by atoms with Gasteiger partial charge in [0.1, 0.15) is 0 Å². The molecule has 25 heavy (non-hydrogen) atoms. The predicted molar refractivity (Wildman–Crippen MR) is 93.1 cm³/mol. The summed E-state index contributed by atoms with van der Waals surface area (Å²) in [5, 5.41) is 10.8. The van der Waals surface area contributed by atoms with Crippen LogP contribution in [-0.4, -0.2) is 16.4 Å². The number of carboxylic acids is 1. The number of nitrogens with zero attached hydrogens (tertiary/aromatic N) is 1. The summed E-state index contributed by atoms with van der Waals surface area (Å²) in [4.78, 5) is 22.1. The molecule has 2 aromatic carbocycles. The lowest BCUT2D eigenvalue weighted by Gasteiger charge is -2.15. The number of hydrogen-bond acceptors (Lipinski definition) is 3. The van der Waals surface area contributed by atoms with Crippen molar-refractivity contribution in [3.63, 3.8) is 0 Å². The molecule has 0 aliphatic carbocycles. The van der Waals surface area contributed by atoms with Gasteiger partial charge in [-0.1, -0.05) is 30.3 Å². The third-order valence-electron chi connectivity index (χ3n) is 4.03. The van der Waals surface area contributed by atoms with Gasteiger partial charge in [-0.05, 0) is 54.8 Å². The molecule has 1 aromatic heterocycles. The molecule has 0 saturated heterocycles. The Morgan fingerprint density at radius 1 is 0.920 bits per heavy atom. The summed E-state index contributed by atoms with van der Waals surface area (Å²) in [6.07, 6.45) is 0.296. The van der Waals surface area contributed by atoms with Crippen molar-refractivity contribution in [3.05, 3.63) is 78.0 Å². The summed E-state index contributed by atoms with van der Waals surface area (Å²) in [6, 6.07) is 20.6. The van der Waals surface area contributed by atoms with Crippen LogP contribution in [0.1, 0.15) is 22.5 Å². The minimum atomic E-state index is -1.09. The maximum absolute atomic E-state index is 11.3. The Kier molecular flexibility index (Phi) is 4.66. The molecule has 0 spiro atoms. The zero-order chi connectivity index (χ0) is 17.8. The number of aromatic nitrogens is 1. The van der Waals surface area contributed by atoms with Gasteiger partial charge in [0.2, 0.25) is 5.91 Å². The molecule has 1 heterocycles. The highest BCUT2D eigenvalue weighted by Crippen LogP contribution is 2.27. The lowest BCUT2D eigenvalue weighted by atomic mass is 10.1. The van der Waals surface area contributed by atoms with Gasteiger partial charge in [-0.3, -0.25) is 4.79 Å². The van der Waals surface area contributed by atoms with Gasteiger partial charge >= 0.3 is 0 Å². The predicted octanol–water partition coefficient (Wildman–Crippen LogP) is 1.93. The highest BCUT2D eigenvalue weighted by atomic mass is 16.4. The fraction of sp³-hybridized carbons (Fsp3) is 0.100. The Morgan fingerprint density at radius 2 is 1.60 bits per heavy atom. The molecule has 126 valence electrons. The van der Waals surface area contributed by atoms with Crippen LogP contribution in [0.5, 0.6) is 0 Å². The molecule has 0 unspecified atom stereocenters. The van der Waals surface area contributed by atoms with Gasteiger partial charge in [0, 0.05) is 22.9 Å². The molecule has 0 saturated carbocycles. The normalized spacial score (nSPS) is 10.6. The number of primary amides is 1. The summed E-state index contributed by atoms with van der Waals surface area (Å²) >= 11 is 0. The van der Waals surface area contributed by atoms with Gasteiger partial charge < -0.3 is 20.2 Å². The summed E-state index contributed by atoms with van der Waals surface area (Å²) in [7, 11) is 0. The quantitative estimate of drug-likeness (QED) is 0.747. The zero-order valence-corrected chi connectivity index (χ0v) is 13.5. The van der Waals surface area contributed by atoms with Crippen molar-refractivity contribution < 1.29 is 14.7 Å². The van der Waals surface area contributed by atoms with Crippen molar-refractivity contribution >= 4 is 11.9 Å². The van der Waals surface area contributed by atoms with Crippen LogP contribution in [0, 0.1) is 0 Å². The Labute approximate surface area is 145 Å². The fourth-order valence-electron chi connectivity index (χ4n) is 2.82. The van der Waals surface area contributed by atoms with Gasteiger partial charge in [-0.15, -0.1) is 0 Å². The molecule has 0 fully saturated rings. The van der Waals surface area contributed by atoms with E-state index in [0.29, 0.717) is 12.0 Å².